The number of carbonyl (C=O) groups is 1. The first-order chi connectivity index (χ1) is 14.4. The molecule has 1 aliphatic heterocycles. The number of carboxylic acids is 1. The number of aliphatic hydroxyl groups is 1. The molecule has 0 fully saturated rings. The number of nitrogens with zero attached hydrogens (tertiary/aromatic N) is 2. The standard InChI is InChI=1S/C19H17FN4O4S2/c20-12-2-1-10-3-13(22-14(10)4-12)5-19(17(27)28)9-30-15(24-19)8-29-18-21-6-11(7-25)16(26)23-18/h1-4,6,22,25H,5,7-9H2,(H,27,28)(H,21,23,26). The van der Waals surface area contributed by atoms with Crippen molar-refractivity contribution in [2.75, 3.05) is 11.5 Å². The molecule has 0 saturated heterocycles. The number of aliphatic hydroxyl groups excluding tert-OH is 1. The number of nitrogens with one attached hydrogen (secondary N) is 2. The number of H-pyrrole nitrogens is 2. The molecule has 8 nitrogen and oxygen atoms in total. The lowest BCUT2D eigenvalue weighted by Gasteiger charge is -2.19. The van der Waals surface area contributed by atoms with Crippen LogP contribution in [0.3, 0.4) is 0 Å². The Morgan fingerprint density at radius 3 is 2.90 bits per heavy atom. The second-order valence-corrected chi connectivity index (χ2v) is 8.84. The minimum absolute atomic E-state index is 0.153. The summed E-state index contributed by atoms with van der Waals surface area (Å²) in [5.74, 6) is -0.760. The maximum atomic E-state index is 13.4. The Morgan fingerprint density at radius 1 is 1.33 bits per heavy atom. The molecule has 30 heavy (non-hydrogen) atoms. The maximum absolute atomic E-state index is 13.4. The fourth-order valence-electron chi connectivity index (χ4n) is 3.15. The second-order valence-electron chi connectivity index (χ2n) is 6.82. The summed E-state index contributed by atoms with van der Waals surface area (Å²) in [5, 5.41) is 20.7. The number of thioether (sulfide) groups is 2. The Labute approximate surface area is 178 Å². The van der Waals surface area contributed by atoms with Gasteiger partial charge >= 0.3 is 5.97 Å². The highest BCUT2D eigenvalue weighted by atomic mass is 32.2. The van der Waals surface area contributed by atoms with Crippen LogP contribution in [0, 0.1) is 5.82 Å². The summed E-state index contributed by atoms with van der Waals surface area (Å²) < 4.78 is 13.4. The highest BCUT2D eigenvalue weighted by Crippen LogP contribution is 2.34. The fourth-order valence-corrected chi connectivity index (χ4v) is 5.21. The fraction of sp³-hybridized carbons (Fsp3) is 0.263. The molecule has 1 aliphatic rings. The smallest absolute Gasteiger partial charge is 0.332 e. The Bertz CT molecular complexity index is 1210. The number of hydrogen-bond donors (Lipinski definition) is 4. The molecular formula is C19H17FN4O4S2. The number of halogens is 1. The van der Waals surface area contributed by atoms with Crippen molar-refractivity contribution in [2.24, 2.45) is 4.99 Å². The van der Waals surface area contributed by atoms with Crippen molar-refractivity contribution in [3.8, 4) is 0 Å². The van der Waals surface area contributed by atoms with Gasteiger partial charge in [0.15, 0.2) is 10.7 Å². The molecule has 3 aromatic rings. The van der Waals surface area contributed by atoms with Crippen molar-refractivity contribution in [3.05, 3.63) is 57.9 Å². The maximum Gasteiger partial charge on any atom is 0.332 e. The van der Waals surface area contributed by atoms with Gasteiger partial charge in [0.1, 0.15) is 5.82 Å². The summed E-state index contributed by atoms with van der Waals surface area (Å²) in [5.41, 5.74) is -0.276. The number of aromatic nitrogens is 3. The molecule has 0 spiro atoms. The summed E-state index contributed by atoms with van der Waals surface area (Å²) in [6.07, 6.45) is 1.46. The first kappa shape index (κ1) is 20.6. The Morgan fingerprint density at radius 2 is 2.17 bits per heavy atom. The molecule has 4 rings (SSSR count). The van der Waals surface area contributed by atoms with E-state index in [-0.39, 0.29) is 23.6 Å². The second kappa shape index (κ2) is 8.25. The van der Waals surface area contributed by atoms with E-state index in [2.05, 4.69) is 19.9 Å². The van der Waals surface area contributed by atoms with Crippen LogP contribution in [-0.4, -0.2) is 53.2 Å². The molecule has 0 radical (unpaired) electrons. The highest BCUT2D eigenvalue weighted by molar-refractivity contribution is 8.16. The van der Waals surface area contributed by atoms with Gasteiger partial charge in [0, 0.05) is 35.3 Å². The molecule has 4 N–H and O–H groups in total. The van der Waals surface area contributed by atoms with E-state index in [9.17, 15) is 19.1 Å². The number of hydrogen-bond acceptors (Lipinski definition) is 7. The molecule has 156 valence electrons. The van der Waals surface area contributed by atoms with Crippen molar-refractivity contribution >= 4 is 45.4 Å². The van der Waals surface area contributed by atoms with E-state index in [1.54, 1.807) is 6.07 Å². The van der Waals surface area contributed by atoms with Gasteiger partial charge in [-0.15, -0.1) is 11.8 Å². The zero-order valence-corrected chi connectivity index (χ0v) is 17.1. The zero-order chi connectivity index (χ0) is 21.3. The van der Waals surface area contributed by atoms with Crippen molar-refractivity contribution in [1.82, 2.24) is 15.0 Å². The lowest BCUT2D eigenvalue weighted by molar-refractivity contribution is -0.142. The van der Waals surface area contributed by atoms with Crippen LogP contribution in [0.4, 0.5) is 4.39 Å². The van der Waals surface area contributed by atoms with E-state index >= 15 is 0 Å². The van der Waals surface area contributed by atoms with Crippen molar-refractivity contribution < 1.29 is 19.4 Å². The molecule has 0 saturated carbocycles. The van der Waals surface area contributed by atoms with Gasteiger partial charge in [0.05, 0.1) is 17.2 Å². The largest absolute Gasteiger partial charge is 0.479 e. The average Bonchev–Trinajstić information content (AvgIpc) is 3.30. The minimum Gasteiger partial charge on any atom is -0.479 e. The van der Waals surface area contributed by atoms with Gasteiger partial charge < -0.3 is 20.2 Å². The number of benzene rings is 1. The van der Waals surface area contributed by atoms with Crippen LogP contribution in [0.25, 0.3) is 10.9 Å². The third-order valence-electron chi connectivity index (χ3n) is 4.69. The van der Waals surface area contributed by atoms with E-state index in [0.717, 1.165) is 5.39 Å². The van der Waals surface area contributed by atoms with Gasteiger partial charge in [-0.2, -0.15) is 0 Å². The van der Waals surface area contributed by atoms with Crippen molar-refractivity contribution in [2.45, 2.75) is 23.7 Å². The number of carboxylic acid groups (broad SMARTS) is 1. The summed E-state index contributed by atoms with van der Waals surface area (Å²) in [4.78, 5) is 38.0. The van der Waals surface area contributed by atoms with Gasteiger partial charge in [-0.1, -0.05) is 11.8 Å². The minimum atomic E-state index is -1.32. The van der Waals surface area contributed by atoms with Crippen LogP contribution in [0.2, 0.25) is 0 Å². The topological polar surface area (TPSA) is 131 Å². The van der Waals surface area contributed by atoms with E-state index in [1.165, 1.54) is 41.9 Å². The van der Waals surface area contributed by atoms with Crippen LogP contribution in [0.1, 0.15) is 11.3 Å². The first-order valence-electron chi connectivity index (χ1n) is 8.92. The average molecular weight is 449 g/mol. The van der Waals surface area contributed by atoms with E-state index in [1.807, 2.05) is 6.07 Å². The first-order valence-corrected chi connectivity index (χ1v) is 10.9. The summed E-state index contributed by atoms with van der Waals surface area (Å²) in [6.45, 7) is -0.392. The number of aliphatic imine (C=N–C) groups is 1. The van der Waals surface area contributed by atoms with E-state index in [4.69, 9.17) is 5.11 Å². The number of aromatic amines is 2. The van der Waals surface area contributed by atoms with Crippen LogP contribution in [0.15, 0.2) is 45.4 Å². The SMILES string of the molecule is O=C(O)C1(Cc2cc3ccc(F)cc3[nH]2)CSC(CSc2ncc(CO)c(=O)[nH]2)=N1. The molecule has 11 heteroatoms. The van der Waals surface area contributed by atoms with Crippen molar-refractivity contribution in [3.63, 3.8) is 0 Å². The number of fused-ring (bicyclic) bond motifs is 1. The van der Waals surface area contributed by atoms with E-state index in [0.29, 0.717) is 27.2 Å². The number of aliphatic carboxylic acids is 1. The quantitative estimate of drug-likeness (QED) is 0.322. The van der Waals surface area contributed by atoms with Crippen LogP contribution < -0.4 is 5.56 Å². The summed E-state index contributed by atoms with van der Waals surface area (Å²) >= 11 is 2.58. The monoisotopic (exact) mass is 448 g/mol. The molecule has 0 bridgehead atoms. The zero-order valence-electron chi connectivity index (χ0n) is 15.5. The Balaban J connectivity index is 1.51. The van der Waals surface area contributed by atoms with Crippen LogP contribution in [-0.2, 0) is 17.8 Å². The van der Waals surface area contributed by atoms with Gasteiger partial charge in [0.25, 0.3) is 5.56 Å². The van der Waals surface area contributed by atoms with Crippen LogP contribution in [0.5, 0.6) is 0 Å². The van der Waals surface area contributed by atoms with Gasteiger partial charge in [-0.3, -0.25) is 9.79 Å². The molecule has 2 aromatic heterocycles. The molecule has 0 amide bonds. The van der Waals surface area contributed by atoms with Gasteiger partial charge in [0.2, 0.25) is 0 Å². The molecule has 3 heterocycles. The molecule has 0 aliphatic carbocycles. The lowest BCUT2D eigenvalue weighted by atomic mass is 9.96. The third-order valence-corrected chi connectivity index (χ3v) is 6.96. The molecule has 1 unspecified atom stereocenters. The molecule has 1 atom stereocenters. The summed E-state index contributed by atoms with van der Waals surface area (Å²) in [7, 11) is 0. The molecular weight excluding hydrogens is 431 g/mol. The Hall–Kier alpha value is -2.63. The summed E-state index contributed by atoms with van der Waals surface area (Å²) in [6, 6.07) is 6.18. The number of rotatable bonds is 7. The molecule has 1 aromatic carbocycles. The highest BCUT2D eigenvalue weighted by Gasteiger charge is 2.43. The van der Waals surface area contributed by atoms with Gasteiger partial charge in [-0.25, -0.2) is 14.2 Å². The van der Waals surface area contributed by atoms with Crippen molar-refractivity contribution in [1.29, 1.82) is 0 Å². The lowest BCUT2D eigenvalue weighted by Crippen LogP contribution is -2.39. The predicted octanol–water partition coefficient (Wildman–Crippen LogP) is 2.19. The van der Waals surface area contributed by atoms with Crippen LogP contribution >= 0.6 is 23.5 Å². The normalized spacial score (nSPS) is 18.7. The van der Waals surface area contributed by atoms with Gasteiger partial charge in [-0.05, 0) is 29.7 Å². The Kier molecular flexibility index (Phi) is 5.67. The van der Waals surface area contributed by atoms with E-state index < -0.39 is 23.7 Å². The predicted molar refractivity (Wildman–Crippen MR) is 114 cm³/mol. The third kappa shape index (κ3) is 4.13.